The number of hydrogen-bond donors (Lipinski definition) is 1. The Morgan fingerprint density at radius 3 is 2.45 bits per heavy atom. The van der Waals surface area contributed by atoms with Crippen molar-refractivity contribution in [3.63, 3.8) is 0 Å². The number of anilines is 1. The van der Waals surface area contributed by atoms with E-state index in [-0.39, 0.29) is 0 Å². The highest BCUT2D eigenvalue weighted by Crippen LogP contribution is 2.31. The lowest BCUT2D eigenvalue weighted by Crippen LogP contribution is -2.05. The fourth-order valence-electron chi connectivity index (χ4n) is 3.19. The molecule has 0 aliphatic heterocycles. The average Bonchev–Trinajstić information content (AvgIpc) is 2.73. The van der Waals surface area contributed by atoms with Crippen molar-refractivity contribution in [2.75, 3.05) is 5.32 Å². The van der Waals surface area contributed by atoms with E-state index in [1.54, 1.807) is 6.07 Å². The number of nitrogens with one attached hydrogen (secondary N) is 1. The Labute approximate surface area is 188 Å². The van der Waals surface area contributed by atoms with Gasteiger partial charge in [-0.05, 0) is 53.2 Å². The molecular formula is C24H18BrCl2NO. The Morgan fingerprint density at radius 1 is 0.862 bits per heavy atom. The minimum Gasteiger partial charge on any atom is -0.488 e. The molecule has 0 saturated heterocycles. The Bertz CT molecular complexity index is 1150. The average molecular weight is 487 g/mol. The maximum atomic E-state index is 6.30. The zero-order valence-electron chi connectivity index (χ0n) is 15.5. The first-order valence-electron chi connectivity index (χ1n) is 9.17. The summed E-state index contributed by atoms with van der Waals surface area (Å²) >= 11 is 15.8. The first-order chi connectivity index (χ1) is 14.1. The highest BCUT2D eigenvalue weighted by Gasteiger charge is 2.11. The summed E-state index contributed by atoms with van der Waals surface area (Å²) in [5, 5.41) is 7.05. The summed E-state index contributed by atoms with van der Waals surface area (Å²) in [7, 11) is 0. The number of halogens is 3. The molecule has 0 unspecified atom stereocenters. The lowest BCUT2D eigenvalue weighted by atomic mass is 10.0. The molecular weight excluding hydrogens is 469 g/mol. The molecule has 4 rings (SSSR count). The van der Waals surface area contributed by atoms with Gasteiger partial charge in [-0.25, -0.2) is 0 Å². The minimum absolute atomic E-state index is 0.375. The van der Waals surface area contributed by atoms with Crippen molar-refractivity contribution < 1.29 is 4.74 Å². The van der Waals surface area contributed by atoms with Crippen molar-refractivity contribution in [1.82, 2.24) is 0 Å². The molecule has 4 aromatic rings. The number of fused-ring (bicyclic) bond motifs is 1. The van der Waals surface area contributed by atoms with Gasteiger partial charge in [0, 0.05) is 37.9 Å². The Balaban J connectivity index is 1.62. The molecule has 0 bridgehead atoms. The normalized spacial score (nSPS) is 10.9. The van der Waals surface area contributed by atoms with E-state index in [9.17, 15) is 0 Å². The van der Waals surface area contributed by atoms with Gasteiger partial charge in [0.15, 0.2) is 0 Å². The maximum Gasteiger partial charge on any atom is 0.125 e. The van der Waals surface area contributed by atoms with Crippen LogP contribution in [0.3, 0.4) is 0 Å². The molecule has 29 heavy (non-hydrogen) atoms. The molecule has 0 spiro atoms. The van der Waals surface area contributed by atoms with Gasteiger partial charge >= 0.3 is 0 Å². The summed E-state index contributed by atoms with van der Waals surface area (Å²) in [6.07, 6.45) is 0. The number of rotatable bonds is 6. The van der Waals surface area contributed by atoms with E-state index in [2.05, 4.69) is 39.4 Å². The van der Waals surface area contributed by atoms with Gasteiger partial charge < -0.3 is 10.1 Å². The van der Waals surface area contributed by atoms with Crippen molar-refractivity contribution in [3.8, 4) is 5.75 Å². The minimum atomic E-state index is 0.375. The standard InChI is InChI=1S/C24H18BrCl2NO/c25-18-7-10-20(11-8-18)28-14-22-21-4-2-1-3-16(21)6-12-24(22)29-15-17-5-9-19(26)13-23(17)27/h1-13,28H,14-15H2. The molecule has 0 heterocycles. The SMILES string of the molecule is Clc1ccc(COc2ccc3ccccc3c2CNc2ccc(Br)cc2)c(Cl)c1. The van der Waals surface area contributed by atoms with E-state index in [4.69, 9.17) is 27.9 Å². The predicted octanol–water partition coefficient (Wildman–Crippen LogP) is 8.10. The lowest BCUT2D eigenvalue weighted by Gasteiger charge is -2.16. The molecule has 0 aliphatic carbocycles. The highest BCUT2D eigenvalue weighted by atomic mass is 79.9. The molecule has 5 heteroatoms. The molecule has 0 aliphatic rings. The summed E-state index contributed by atoms with van der Waals surface area (Å²) in [5.41, 5.74) is 3.06. The molecule has 0 amide bonds. The van der Waals surface area contributed by atoms with Crippen LogP contribution >= 0.6 is 39.1 Å². The molecule has 0 aromatic heterocycles. The summed E-state index contributed by atoms with van der Waals surface area (Å²) in [6.45, 7) is 1.02. The highest BCUT2D eigenvalue weighted by molar-refractivity contribution is 9.10. The lowest BCUT2D eigenvalue weighted by molar-refractivity contribution is 0.304. The van der Waals surface area contributed by atoms with E-state index < -0.39 is 0 Å². The molecule has 0 radical (unpaired) electrons. The van der Waals surface area contributed by atoms with Gasteiger partial charge in [-0.3, -0.25) is 0 Å². The third-order valence-corrected chi connectivity index (χ3v) is 5.83. The summed E-state index contributed by atoms with van der Waals surface area (Å²) in [6, 6.07) is 26.0. The van der Waals surface area contributed by atoms with Crippen LogP contribution in [0.25, 0.3) is 10.8 Å². The third kappa shape index (κ3) is 4.87. The number of benzene rings is 4. The topological polar surface area (TPSA) is 21.3 Å². The van der Waals surface area contributed by atoms with Gasteiger partial charge in [-0.2, -0.15) is 0 Å². The van der Waals surface area contributed by atoms with Crippen molar-refractivity contribution in [2.24, 2.45) is 0 Å². The van der Waals surface area contributed by atoms with E-state index in [0.29, 0.717) is 23.2 Å². The van der Waals surface area contributed by atoms with E-state index in [1.807, 2.05) is 54.6 Å². The number of ether oxygens (including phenoxy) is 1. The van der Waals surface area contributed by atoms with Gasteiger partial charge in [-0.15, -0.1) is 0 Å². The maximum absolute atomic E-state index is 6.30. The van der Waals surface area contributed by atoms with Crippen LogP contribution in [0.15, 0.2) is 83.3 Å². The van der Waals surface area contributed by atoms with Crippen LogP contribution in [0.4, 0.5) is 5.69 Å². The van der Waals surface area contributed by atoms with Gasteiger partial charge in [0.05, 0.1) is 0 Å². The van der Waals surface area contributed by atoms with Gasteiger partial charge in [0.25, 0.3) is 0 Å². The second-order valence-corrected chi connectivity index (χ2v) is 8.41. The third-order valence-electron chi connectivity index (χ3n) is 4.71. The smallest absolute Gasteiger partial charge is 0.125 e. The van der Waals surface area contributed by atoms with Crippen LogP contribution < -0.4 is 10.1 Å². The summed E-state index contributed by atoms with van der Waals surface area (Å²) in [5.74, 6) is 0.833. The predicted molar refractivity (Wildman–Crippen MR) is 126 cm³/mol. The second-order valence-electron chi connectivity index (χ2n) is 6.65. The van der Waals surface area contributed by atoms with E-state index in [1.165, 1.54) is 5.39 Å². The largest absolute Gasteiger partial charge is 0.488 e. The molecule has 0 fully saturated rings. The zero-order valence-corrected chi connectivity index (χ0v) is 18.6. The van der Waals surface area contributed by atoms with E-state index in [0.717, 1.165) is 32.4 Å². The van der Waals surface area contributed by atoms with Crippen LogP contribution in [0.5, 0.6) is 5.75 Å². The molecule has 146 valence electrons. The van der Waals surface area contributed by atoms with E-state index >= 15 is 0 Å². The second kappa shape index (κ2) is 9.08. The fraction of sp³-hybridized carbons (Fsp3) is 0.0833. The van der Waals surface area contributed by atoms with Crippen LogP contribution in [-0.4, -0.2) is 0 Å². The Hall–Kier alpha value is -2.20. The Morgan fingerprint density at radius 2 is 1.66 bits per heavy atom. The van der Waals surface area contributed by atoms with Crippen LogP contribution in [0.1, 0.15) is 11.1 Å². The number of hydrogen-bond acceptors (Lipinski definition) is 2. The van der Waals surface area contributed by atoms with Crippen LogP contribution in [0.2, 0.25) is 10.0 Å². The molecule has 4 aromatic carbocycles. The molecule has 1 N–H and O–H groups in total. The van der Waals surface area contributed by atoms with Crippen LogP contribution in [0, 0.1) is 0 Å². The quantitative estimate of drug-likeness (QED) is 0.297. The summed E-state index contributed by atoms with van der Waals surface area (Å²) in [4.78, 5) is 0. The fourth-order valence-corrected chi connectivity index (χ4v) is 3.91. The van der Waals surface area contributed by atoms with Gasteiger partial charge in [-0.1, -0.05) is 75.5 Å². The van der Waals surface area contributed by atoms with Crippen molar-refractivity contribution in [2.45, 2.75) is 13.2 Å². The van der Waals surface area contributed by atoms with Crippen molar-refractivity contribution >= 4 is 55.6 Å². The van der Waals surface area contributed by atoms with Crippen molar-refractivity contribution in [3.05, 3.63) is 105 Å². The van der Waals surface area contributed by atoms with Gasteiger partial charge in [0.1, 0.15) is 12.4 Å². The molecule has 2 nitrogen and oxygen atoms in total. The zero-order chi connectivity index (χ0) is 20.2. The summed E-state index contributed by atoms with van der Waals surface area (Å²) < 4.78 is 7.24. The van der Waals surface area contributed by atoms with Gasteiger partial charge in [0.2, 0.25) is 0 Å². The molecule has 0 saturated carbocycles. The molecule has 0 atom stereocenters. The van der Waals surface area contributed by atoms with Crippen LogP contribution in [-0.2, 0) is 13.2 Å². The Kier molecular flexibility index (Phi) is 6.29. The first-order valence-corrected chi connectivity index (χ1v) is 10.7. The monoisotopic (exact) mass is 485 g/mol. The first kappa shape index (κ1) is 20.1. The van der Waals surface area contributed by atoms with Crippen molar-refractivity contribution in [1.29, 1.82) is 0 Å².